The fraction of sp³-hybridized carbons (Fsp3) is 0.943. The third-order valence-corrected chi connectivity index (χ3v) is 8.04. The molecule has 0 saturated heterocycles. The highest BCUT2D eigenvalue weighted by Gasteiger charge is 2.20. The number of esters is 2. The Balaban J connectivity index is 4.02. The molecule has 5 heteroatoms. The Morgan fingerprint density at radius 1 is 0.500 bits per heavy atom. The van der Waals surface area contributed by atoms with Crippen molar-refractivity contribution in [1.29, 1.82) is 0 Å². The molecule has 40 heavy (non-hydrogen) atoms. The molecule has 0 rings (SSSR count). The Hall–Kier alpha value is -1.10. The molecule has 0 spiro atoms. The zero-order chi connectivity index (χ0) is 29.5. The van der Waals surface area contributed by atoms with Crippen molar-refractivity contribution in [2.75, 3.05) is 13.2 Å². The van der Waals surface area contributed by atoms with E-state index >= 15 is 0 Å². The molecule has 0 aromatic rings. The monoisotopic (exact) mass is 569 g/mol. The fourth-order valence-electron chi connectivity index (χ4n) is 5.24. The van der Waals surface area contributed by atoms with E-state index in [1.54, 1.807) is 0 Å². The molecule has 0 aliphatic carbocycles. The summed E-state index contributed by atoms with van der Waals surface area (Å²) in [6, 6.07) is 0. The normalized spacial score (nSPS) is 12.1. The van der Waals surface area contributed by atoms with Gasteiger partial charge in [0, 0.05) is 19.3 Å². The smallest absolute Gasteiger partial charge is 0.308 e. The van der Waals surface area contributed by atoms with Crippen molar-refractivity contribution in [3.63, 3.8) is 0 Å². The van der Waals surface area contributed by atoms with Crippen molar-refractivity contribution in [1.82, 2.24) is 0 Å². The van der Waals surface area contributed by atoms with E-state index in [1.807, 2.05) is 0 Å². The lowest BCUT2D eigenvalue weighted by Gasteiger charge is -2.17. The van der Waals surface area contributed by atoms with Gasteiger partial charge in [-0.05, 0) is 19.3 Å². The Morgan fingerprint density at radius 2 is 0.875 bits per heavy atom. The van der Waals surface area contributed by atoms with Crippen LogP contribution in [0, 0.1) is 5.92 Å². The highest BCUT2D eigenvalue weighted by Crippen LogP contribution is 2.21. The number of hydrogen-bond donors (Lipinski definition) is 1. The molecule has 0 aromatic carbocycles. The van der Waals surface area contributed by atoms with Crippen LogP contribution < -0.4 is 0 Å². The second-order valence-corrected chi connectivity index (χ2v) is 12.0. The summed E-state index contributed by atoms with van der Waals surface area (Å²) < 4.78 is 10.9. The minimum absolute atomic E-state index is 0.0171. The molecule has 0 aliphatic rings. The van der Waals surface area contributed by atoms with Crippen LogP contribution in [0.25, 0.3) is 0 Å². The maximum absolute atomic E-state index is 12.8. The summed E-state index contributed by atoms with van der Waals surface area (Å²) in [4.78, 5) is 24.8. The van der Waals surface area contributed by atoms with E-state index in [0.29, 0.717) is 19.3 Å². The van der Waals surface area contributed by atoms with E-state index < -0.39 is 6.10 Å². The van der Waals surface area contributed by atoms with Gasteiger partial charge < -0.3 is 14.6 Å². The van der Waals surface area contributed by atoms with Crippen molar-refractivity contribution >= 4 is 11.9 Å². The molecule has 1 atom stereocenters. The standard InChI is InChI=1S/C35H68O5/c1-4-7-10-13-16-17-18-21-24-27-34(37)39-30-28-33(36)29-31-40-35(38)32(25-22-19-14-11-8-5-2)26-23-20-15-12-9-6-3/h32-33,36H,4-31H2,1-3H3. The lowest BCUT2D eigenvalue weighted by molar-refractivity contribution is -0.149. The molecule has 0 bridgehead atoms. The molecular formula is C35H68O5. The summed E-state index contributed by atoms with van der Waals surface area (Å²) in [6.07, 6.45) is 28.2. The van der Waals surface area contributed by atoms with Gasteiger partial charge in [-0.1, -0.05) is 149 Å². The summed E-state index contributed by atoms with van der Waals surface area (Å²) in [5, 5.41) is 10.3. The maximum atomic E-state index is 12.8. The Kier molecular flexibility index (Phi) is 30.0. The first-order chi connectivity index (χ1) is 19.5. The van der Waals surface area contributed by atoms with Gasteiger partial charge in [0.25, 0.3) is 0 Å². The molecule has 5 nitrogen and oxygen atoms in total. The van der Waals surface area contributed by atoms with E-state index in [0.717, 1.165) is 38.5 Å². The van der Waals surface area contributed by atoms with Crippen LogP contribution in [-0.2, 0) is 19.1 Å². The lowest BCUT2D eigenvalue weighted by atomic mass is 9.94. The molecule has 0 heterocycles. The van der Waals surface area contributed by atoms with Crippen molar-refractivity contribution in [3.05, 3.63) is 0 Å². The zero-order valence-electron chi connectivity index (χ0n) is 27.0. The van der Waals surface area contributed by atoms with Gasteiger partial charge in [-0.25, -0.2) is 0 Å². The number of carbonyl (C=O) groups is 2. The van der Waals surface area contributed by atoms with Crippen molar-refractivity contribution < 1.29 is 24.2 Å². The van der Waals surface area contributed by atoms with Crippen molar-refractivity contribution in [2.45, 2.75) is 194 Å². The molecule has 0 aliphatic heterocycles. The molecule has 0 aromatic heterocycles. The minimum Gasteiger partial charge on any atom is -0.466 e. The number of aliphatic hydroxyl groups is 1. The SMILES string of the molecule is CCCCCCCCCCCC(=O)OCCC(O)CCOC(=O)C(CCCCCCCC)CCCCCCCC. The predicted molar refractivity (Wildman–Crippen MR) is 168 cm³/mol. The van der Waals surface area contributed by atoms with Gasteiger partial charge in [0.1, 0.15) is 0 Å². The molecule has 1 N–H and O–H groups in total. The predicted octanol–water partition coefficient (Wildman–Crippen LogP) is 10.3. The van der Waals surface area contributed by atoms with Gasteiger partial charge in [0.05, 0.1) is 25.2 Å². The molecular weight excluding hydrogens is 500 g/mol. The molecule has 0 saturated carbocycles. The van der Waals surface area contributed by atoms with Gasteiger partial charge in [0.2, 0.25) is 0 Å². The third-order valence-electron chi connectivity index (χ3n) is 8.04. The number of carbonyl (C=O) groups excluding carboxylic acids is 2. The van der Waals surface area contributed by atoms with E-state index in [-0.39, 0.29) is 31.1 Å². The van der Waals surface area contributed by atoms with Crippen LogP contribution in [0.15, 0.2) is 0 Å². The van der Waals surface area contributed by atoms with E-state index in [4.69, 9.17) is 9.47 Å². The molecule has 238 valence electrons. The van der Waals surface area contributed by atoms with Gasteiger partial charge in [-0.2, -0.15) is 0 Å². The van der Waals surface area contributed by atoms with Crippen molar-refractivity contribution in [3.8, 4) is 0 Å². The number of unbranched alkanes of at least 4 members (excludes halogenated alkanes) is 18. The summed E-state index contributed by atoms with van der Waals surface area (Å²) >= 11 is 0. The topological polar surface area (TPSA) is 72.8 Å². The van der Waals surface area contributed by atoms with Crippen LogP contribution in [0.3, 0.4) is 0 Å². The van der Waals surface area contributed by atoms with E-state index in [2.05, 4.69) is 20.8 Å². The lowest BCUT2D eigenvalue weighted by Crippen LogP contribution is -2.21. The Morgan fingerprint density at radius 3 is 1.32 bits per heavy atom. The first kappa shape index (κ1) is 38.9. The van der Waals surface area contributed by atoms with Crippen LogP contribution in [0.4, 0.5) is 0 Å². The van der Waals surface area contributed by atoms with Crippen LogP contribution in [0.1, 0.15) is 188 Å². The molecule has 0 radical (unpaired) electrons. The number of aliphatic hydroxyl groups excluding tert-OH is 1. The van der Waals surface area contributed by atoms with Gasteiger partial charge in [0.15, 0.2) is 0 Å². The number of hydrogen-bond acceptors (Lipinski definition) is 5. The Bertz CT molecular complexity index is 534. The quantitative estimate of drug-likeness (QED) is 0.0665. The molecule has 0 fully saturated rings. The van der Waals surface area contributed by atoms with Crippen LogP contribution >= 0.6 is 0 Å². The highest BCUT2D eigenvalue weighted by atomic mass is 16.5. The molecule has 1 unspecified atom stereocenters. The average Bonchev–Trinajstić information content (AvgIpc) is 2.94. The second-order valence-electron chi connectivity index (χ2n) is 12.0. The van der Waals surface area contributed by atoms with Crippen LogP contribution in [0.2, 0.25) is 0 Å². The Labute approximate surface area is 248 Å². The second kappa shape index (κ2) is 30.8. The van der Waals surface area contributed by atoms with Crippen molar-refractivity contribution in [2.24, 2.45) is 5.92 Å². The van der Waals surface area contributed by atoms with Gasteiger partial charge in [-0.15, -0.1) is 0 Å². The maximum Gasteiger partial charge on any atom is 0.308 e. The van der Waals surface area contributed by atoms with Crippen LogP contribution in [-0.4, -0.2) is 36.4 Å². The molecule has 0 amide bonds. The largest absolute Gasteiger partial charge is 0.466 e. The number of ether oxygens (including phenoxy) is 2. The van der Waals surface area contributed by atoms with Gasteiger partial charge >= 0.3 is 11.9 Å². The van der Waals surface area contributed by atoms with E-state index in [1.165, 1.54) is 109 Å². The van der Waals surface area contributed by atoms with Crippen LogP contribution in [0.5, 0.6) is 0 Å². The fourth-order valence-corrected chi connectivity index (χ4v) is 5.24. The zero-order valence-corrected chi connectivity index (χ0v) is 27.0. The number of rotatable bonds is 31. The first-order valence-electron chi connectivity index (χ1n) is 17.5. The summed E-state index contributed by atoms with van der Waals surface area (Å²) in [6.45, 7) is 7.16. The average molecular weight is 569 g/mol. The van der Waals surface area contributed by atoms with Gasteiger partial charge in [-0.3, -0.25) is 9.59 Å². The first-order valence-corrected chi connectivity index (χ1v) is 17.5. The summed E-state index contributed by atoms with van der Waals surface area (Å²) in [5.41, 5.74) is 0. The summed E-state index contributed by atoms with van der Waals surface area (Å²) in [7, 11) is 0. The van der Waals surface area contributed by atoms with E-state index in [9.17, 15) is 14.7 Å². The minimum atomic E-state index is -0.621. The third kappa shape index (κ3) is 27.1. The summed E-state index contributed by atoms with van der Waals surface area (Å²) in [5.74, 6) is -0.285. The highest BCUT2D eigenvalue weighted by molar-refractivity contribution is 5.72.